The van der Waals surface area contributed by atoms with Gasteiger partial charge in [0.1, 0.15) is 16.9 Å². The number of unbranched alkanes of at least 4 members (excludes halogenated alkanes) is 12. The molecular formula is C60H84FN3S6. The Balaban J connectivity index is 1.27. The van der Waals surface area contributed by atoms with E-state index in [-0.39, 0.29) is 5.82 Å². The highest BCUT2D eigenvalue weighted by atomic mass is 32.2. The lowest BCUT2D eigenvalue weighted by Gasteiger charge is -2.19. The van der Waals surface area contributed by atoms with Crippen LogP contribution in [0.25, 0.3) is 61.8 Å². The molecule has 2 aromatic carbocycles. The van der Waals surface area contributed by atoms with Crippen LogP contribution in [0.2, 0.25) is 0 Å². The zero-order valence-electron chi connectivity index (χ0n) is 43.7. The van der Waals surface area contributed by atoms with Gasteiger partial charge in [-0.1, -0.05) is 163 Å². The first-order valence-electron chi connectivity index (χ1n) is 27.8. The minimum absolute atomic E-state index is 0.218. The zero-order chi connectivity index (χ0) is 49.1. The van der Waals surface area contributed by atoms with Crippen LogP contribution in [0.1, 0.15) is 196 Å². The number of thiophene rings is 4. The van der Waals surface area contributed by atoms with Gasteiger partial charge in [-0.15, -0.1) is 68.9 Å². The summed E-state index contributed by atoms with van der Waals surface area (Å²) in [6, 6.07) is 15.3. The van der Waals surface area contributed by atoms with Gasteiger partial charge < -0.3 is 0 Å². The molecule has 10 heteroatoms. The van der Waals surface area contributed by atoms with Gasteiger partial charge in [0.15, 0.2) is 0 Å². The summed E-state index contributed by atoms with van der Waals surface area (Å²) in [6.07, 6.45) is 31.1. The number of halogens is 1. The van der Waals surface area contributed by atoms with E-state index in [9.17, 15) is 0 Å². The molecule has 0 aliphatic rings. The van der Waals surface area contributed by atoms with Gasteiger partial charge in [-0.25, -0.2) is 4.39 Å². The minimum atomic E-state index is -0.218. The summed E-state index contributed by atoms with van der Waals surface area (Å²) in [7, 11) is 0. The molecule has 0 saturated heterocycles. The lowest BCUT2D eigenvalue weighted by molar-refractivity contribution is 0.330. The minimum Gasteiger partial charge on any atom is -0.206 e. The Morgan fingerprint density at radius 3 is 1.66 bits per heavy atom. The number of aromatic nitrogens is 3. The molecule has 0 aliphatic carbocycles. The molecule has 0 aliphatic heterocycles. The van der Waals surface area contributed by atoms with Gasteiger partial charge >= 0.3 is 0 Å². The molecule has 3 atom stereocenters. The van der Waals surface area contributed by atoms with Crippen molar-refractivity contribution in [2.45, 2.75) is 212 Å². The number of hydrogen-bond donors (Lipinski definition) is 0. The molecule has 7 rings (SSSR count). The van der Waals surface area contributed by atoms with Crippen LogP contribution < -0.4 is 0 Å². The van der Waals surface area contributed by atoms with Gasteiger partial charge in [0.25, 0.3) is 0 Å². The molecular weight excluding hydrogens is 974 g/mol. The molecule has 0 amide bonds. The third-order valence-corrected chi connectivity index (χ3v) is 21.7. The Hall–Kier alpha value is -2.21. The molecule has 0 fully saturated rings. The van der Waals surface area contributed by atoms with Crippen molar-refractivity contribution in [3.05, 3.63) is 59.0 Å². The first-order chi connectivity index (χ1) is 34.4. The lowest BCUT2D eigenvalue weighted by Crippen LogP contribution is -2.13. The van der Waals surface area contributed by atoms with E-state index >= 15 is 4.39 Å². The smallest absolute Gasteiger partial charge is 0.134 e. The van der Waals surface area contributed by atoms with Crippen molar-refractivity contribution in [3.8, 4) is 30.6 Å². The first kappa shape index (κ1) is 55.5. The van der Waals surface area contributed by atoms with Crippen LogP contribution in [-0.2, 0) is 6.54 Å². The third kappa shape index (κ3) is 15.0. The molecule has 0 N–H and O–H groups in total. The molecule has 5 heterocycles. The van der Waals surface area contributed by atoms with Gasteiger partial charge in [-0.3, -0.25) is 0 Å². The van der Waals surface area contributed by atoms with Crippen molar-refractivity contribution in [1.29, 1.82) is 0 Å². The Kier molecular flexibility index (Phi) is 23.5. The second kappa shape index (κ2) is 29.6. The lowest BCUT2D eigenvalue weighted by atomic mass is 9.95. The van der Waals surface area contributed by atoms with E-state index in [0.29, 0.717) is 17.0 Å². The highest BCUT2D eigenvalue weighted by Crippen LogP contribution is 2.52. The molecule has 3 nitrogen and oxygen atoms in total. The fourth-order valence-electron chi connectivity index (χ4n) is 10.3. The van der Waals surface area contributed by atoms with Gasteiger partial charge in [-0.05, 0) is 103 Å². The molecule has 70 heavy (non-hydrogen) atoms. The summed E-state index contributed by atoms with van der Waals surface area (Å²) in [6.45, 7) is 14.7. The monoisotopic (exact) mass is 1060 g/mol. The zero-order valence-corrected chi connectivity index (χ0v) is 48.6. The number of thioether (sulfide) groups is 2. The average molecular weight is 1060 g/mol. The topological polar surface area (TPSA) is 30.7 Å². The van der Waals surface area contributed by atoms with E-state index in [0.717, 1.165) is 39.2 Å². The van der Waals surface area contributed by atoms with Gasteiger partial charge in [0.05, 0.1) is 16.8 Å². The fourth-order valence-corrected chi connectivity index (χ4v) is 17.5. The van der Waals surface area contributed by atoms with Crippen molar-refractivity contribution >= 4 is 100 Å². The Bertz CT molecular complexity index is 2500. The second-order valence-electron chi connectivity index (χ2n) is 20.2. The molecule has 0 bridgehead atoms. The quantitative estimate of drug-likeness (QED) is 0.0293. The van der Waals surface area contributed by atoms with Crippen LogP contribution in [0, 0.1) is 23.6 Å². The summed E-state index contributed by atoms with van der Waals surface area (Å²) in [5.41, 5.74) is 2.93. The van der Waals surface area contributed by atoms with Crippen LogP contribution in [0.15, 0.2) is 63.0 Å². The maximum Gasteiger partial charge on any atom is 0.134 e. The predicted octanol–water partition coefficient (Wildman–Crippen LogP) is 22.6. The predicted molar refractivity (Wildman–Crippen MR) is 317 cm³/mol. The normalized spacial score (nSPS) is 13.4. The molecule has 5 aromatic heterocycles. The van der Waals surface area contributed by atoms with Crippen molar-refractivity contribution in [1.82, 2.24) is 15.0 Å². The van der Waals surface area contributed by atoms with Crippen LogP contribution >= 0.6 is 68.9 Å². The van der Waals surface area contributed by atoms with Gasteiger partial charge in [0.2, 0.25) is 0 Å². The maximum atomic E-state index is 16.7. The molecule has 3 unspecified atom stereocenters. The van der Waals surface area contributed by atoms with E-state index in [4.69, 9.17) is 10.2 Å². The van der Waals surface area contributed by atoms with Crippen molar-refractivity contribution in [2.24, 2.45) is 17.8 Å². The standard InChI is InChI=1S/C60H84FN3S6/c1-7-13-19-22-29-43(26-16-10-4)40-64-62-55-47(38-49(61)54(56(55)63-64)52-32-25-36-65-52)50-33-34-51(69-50)53-39-48-59(68-42-45(28-18-12-6)31-24-21-15-9-3)57-46(35-37-66-57)58(60(48)70-53)67-41-44(27-17-11-5)30-23-20-14-8-2/h25,32-39,43-45H,7-24,26-31,40-42H2,1-6H3. The van der Waals surface area contributed by atoms with E-state index < -0.39 is 0 Å². The molecule has 0 radical (unpaired) electrons. The fraction of sp³-hybridized carbons (Fsp3) is 0.600. The second-order valence-corrected chi connectivity index (χ2v) is 26.3. The molecule has 7 aromatic rings. The summed E-state index contributed by atoms with van der Waals surface area (Å²) >= 11 is 11.6. The molecule has 0 saturated carbocycles. The van der Waals surface area contributed by atoms with Crippen LogP contribution in [0.4, 0.5) is 4.39 Å². The van der Waals surface area contributed by atoms with E-state index in [1.165, 1.54) is 205 Å². The Morgan fingerprint density at radius 1 is 0.500 bits per heavy atom. The maximum absolute atomic E-state index is 16.7. The molecule has 0 spiro atoms. The highest BCUT2D eigenvalue weighted by Gasteiger charge is 2.25. The van der Waals surface area contributed by atoms with E-state index in [1.807, 2.05) is 45.0 Å². The number of rotatable bonds is 35. The van der Waals surface area contributed by atoms with Crippen molar-refractivity contribution in [3.63, 3.8) is 0 Å². The van der Waals surface area contributed by atoms with Crippen LogP contribution in [0.3, 0.4) is 0 Å². The van der Waals surface area contributed by atoms with Gasteiger partial charge in [-0.2, -0.15) is 15.0 Å². The molecule has 382 valence electrons. The Morgan fingerprint density at radius 2 is 1.06 bits per heavy atom. The van der Waals surface area contributed by atoms with Crippen molar-refractivity contribution in [2.75, 3.05) is 11.5 Å². The number of hydrogen-bond acceptors (Lipinski definition) is 8. The largest absolute Gasteiger partial charge is 0.206 e. The van der Waals surface area contributed by atoms with Gasteiger partial charge in [0, 0.05) is 61.8 Å². The van der Waals surface area contributed by atoms with Crippen LogP contribution in [0.5, 0.6) is 0 Å². The number of nitrogens with zero attached hydrogens (tertiary/aromatic N) is 3. The highest BCUT2D eigenvalue weighted by molar-refractivity contribution is 8.00. The number of benzene rings is 2. The Labute approximate surface area is 447 Å². The first-order valence-corrected chi connectivity index (χ1v) is 33.2. The SMILES string of the molecule is CCCCCCC(CCCC)CSc1c2cc(-c3ccc(-c4cc(F)c(-c5cccs5)c5nn(CC(CCCC)CCCCCC)nc45)s3)sc2c(SCC(CCCC)CCCCCC)c2ccsc12. The van der Waals surface area contributed by atoms with E-state index in [1.54, 1.807) is 28.7 Å². The average Bonchev–Trinajstić information content (AvgIpc) is 4.24. The van der Waals surface area contributed by atoms with E-state index in [2.05, 4.69) is 94.7 Å². The summed E-state index contributed by atoms with van der Waals surface area (Å²) in [5, 5.41) is 17.7. The number of fused-ring (bicyclic) bond motifs is 3. The summed E-state index contributed by atoms with van der Waals surface area (Å²) < 4.78 is 19.6. The van der Waals surface area contributed by atoms with Crippen LogP contribution in [-0.4, -0.2) is 26.5 Å². The summed E-state index contributed by atoms with van der Waals surface area (Å²) in [4.78, 5) is 9.43. The third-order valence-electron chi connectivity index (χ3n) is 14.5. The summed E-state index contributed by atoms with van der Waals surface area (Å²) in [5.74, 6) is 4.17. The van der Waals surface area contributed by atoms with Crippen molar-refractivity contribution < 1.29 is 4.39 Å².